The molecule has 0 radical (unpaired) electrons. The lowest BCUT2D eigenvalue weighted by molar-refractivity contribution is 0.581. The first-order chi connectivity index (χ1) is 11.1. The van der Waals surface area contributed by atoms with Gasteiger partial charge in [0.25, 0.3) is 0 Å². The Labute approximate surface area is 144 Å². The molecule has 3 nitrogen and oxygen atoms in total. The Morgan fingerprint density at radius 2 is 1.74 bits per heavy atom. The summed E-state index contributed by atoms with van der Waals surface area (Å²) in [5.74, 6) is 0. The number of nitrogens with one attached hydrogen (secondary N) is 1. The highest BCUT2D eigenvalue weighted by Gasteiger charge is 2.14. The van der Waals surface area contributed by atoms with Gasteiger partial charge in [0.05, 0.1) is 4.90 Å². The van der Waals surface area contributed by atoms with Crippen molar-refractivity contribution in [1.82, 2.24) is 4.72 Å². The van der Waals surface area contributed by atoms with Gasteiger partial charge in [-0.15, -0.1) is 0 Å². The van der Waals surface area contributed by atoms with Crippen molar-refractivity contribution in [3.05, 3.63) is 75.9 Å². The predicted octanol–water partition coefficient (Wildman–Crippen LogP) is 4.55. The number of hydrogen-bond donors (Lipinski definition) is 1. The van der Waals surface area contributed by atoms with Crippen molar-refractivity contribution in [2.45, 2.75) is 11.4 Å². The summed E-state index contributed by atoms with van der Waals surface area (Å²) in [7, 11) is -3.57. The summed E-state index contributed by atoms with van der Waals surface area (Å²) in [4.78, 5) is 0.204. The van der Waals surface area contributed by atoms with Crippen LogP contribution in [0.2, 0.25) is 5.02 Å². The lowest BCUT2D eigenvalue weighted by atomic mass is 10.0. The van der Waals surface area contributed by atoms with Crippen molar-refractivity contribution in [2.75, 3.05) is 0 Å². The van der Waals surface area contributed by atoms with Gasteiger partial charge in [-0.1, -0.05) is 35.9 Å². The molecule has 0 aliphatic carbocycles. The van der Waals surface area contributed by atoms with Gasteiger partial charge in [-0.05, 0) is 57.8 Å². The van der Waals surface area contributed by atoms with Crippen LogP contribution in [0.25, 0.3) is 11.1 Å². The molecule has 6 heteroatoms. The molecule has 0 aliphatic rings. The number of halogens is 1. The van der Waals surface area contributed by atoms with Crippen LogP contribution in [0.15, 0.2) is 70.3 Å². The largest absolute Gasteiger partial charge is 0.240 e. The third-order valence-electron chi connectivity index (χ3n) is 3.43. The first kappa shape index (κ1) is 16.2. The minimum Gasteiger partial charge on any atom is -0.207 e. The molecule has 0 saturated carbocycles. The van der Waals surface area contributed by atoms with Crippen molar-refractivity contribution in [1.29, 1.82) is 0 Å². The molecule has 0 atom stereocenters. The van der Waals surface area contributed by atoms with Gasteiger partial charge in [-0.3, -0.25) is 0 Å². The van der Waals surface area contributed by atoms with Crippen LogP contribution in [0.1, 0.15) is 5.56 Å². The van der Waals surface area contributed by atoms with Gasteiger partial charge in [0, 0.05) is 11.6 Å². The van der Waals surface area contributed by atoms with Gasteiger partial charge >= 0.3 is 0 Å². The second-order valence-electron chi connectivity index (χ2n) is 4.95. The SMILES string of the molecule is O=S(=O)(NCc1ccccc1-c1ccsc1)c1ccc(Cl)cc1. The molecule has 3 aromatic rings. The van der Waals surface area contributed by atoms with Crippen molar-refractivity contribution in [3.8, 4) is 11.1 Å². The van der Waals surface area contributed by atoms with Crippen LogP contribution in [0.5, 0.6) is 0 Å². The molecule has 0 unspecified atom stereocenters. The molecule has 0 amide bonds. The number of thiophene rings is 1. The Morgan fingerprint density at radius 1 is 1.00 bits per heavy atom. The zero-order valence-electron chi connectivity index (χ0n) is 12.1. The van der Waals surface area contributed by atoms with E-state index in [9.17, 15) is 8.42 Å². The normalized spacial score (nSPS) is 11.5. The lowest BCUT2D eigenvalue weighted by Gasteiger charge is -2.10. The molecule has 3 rings (SSSR count). The molecule has 0 spiro atoms. The molecule has 1 heterocycles. The topological polar surface area (TPSA) is 46.2 Å². The van der Waals surface area contributed by atoms with Gasteiger partial charge in [0.1, 0.15) is 0 Å². The number of sulfonamides is 1. The van der Waals surface area contributed by atoms with E-state index in [0.717, 1.165) is 16.7 Å². The summed E-state index contributed by atoms with van der Waals surface area (Å²) >= 11 is 7.41. The van der Waals surface area contributed by atoms with E-state index in [0.29, 0.717) is 5.02 Å². The standard InChI is InChI=1S/C17H14ClNO2S2/c18-15-5-7-16(8-6-15)23(20,21)19-11-13-3-1-2-4-17(13)14-9-10-22-12-14/h1-10,12,19H,11H2. The molecule has 0 saturated heterocycles. The number of rotatable bonds is 5. The summed E-state index contributed by atoms with van der Waals surface area (Å²) in [6.07, 6.45) is 0. The molecule has 118 valence electrons. The van der Waals surface area contributed by atoms with Gasteiger partial charge in [0.2, 0.25) is 10.0 Å². The minimum atomic E-state index is -3.57. The molecule has 23 heavy (non-hydrogen) atoms. The maximum Gasteiger partial charge on any atom is 0.240 e. The van der Waals surface area contributed by atoms with Gasteiger partial charge in [0.15, 0.2) is 0 Å². The lowest BCUT2D eigenvalue weighted by Crippen LogP contribution is -2.23. The van der Waals surface area contributed by atoms with Gasteiger partial charge in [-0.25, -0.2) is 13.1 Å². The van der Waals surface area contributed by atoms with Gasteiger partial charge in [-0.2, -0.15) is 11.3 Å². The van der Waals surface area contributed by atoms with Crippen molar-refractivity contribution in [2.24, 2.45) is 0 Å². The van der Waals surface area contributed by atoms with E-state index in [2.05, 4.69) is 4.72 Å². The molecule has 2 aromatic carbocycles. The Hall–Kier alpha value is -1.66. The maximum absolute atomic E-state index is 12.4. The monoisotopic (exact) mass is 363 g/mol. The highest BCUT2D eigenvalue weighted by molar-refractivity contribution is 7.89. The zero-order valence-corrected chi connectivity index (χ0v) is 14.5. The van der Waals surface area contributed by atoms with Crippen molar-refractivity contribution < 1.29 is 8.42 Å². The smallest absolute Gasteiger partial charge is 0.207 e. The summed E-state index contributed by atoms with van der Waals surface area (Å²) < 4.78 is 27.4. The van der Waals surface area contributed by atoms with Crippen LogP contribution in [-0.4, -0.2) is 8.42 Å². The van der Waals surface area contributed by atoms with Crippen LogP contribution in [0.4, 0.5) is 0 Å². The van der Waals surface area contributed by atoms with Crippen molar-refractivity contribution in [3.63, 3.8) is 0 Å². The van der Waals surface area contributed by atoms with Crippen LogP contribution in [-0.2, 0) is 16.6 Å². The average Bonchev–Trinajstić information content (AvgIpc) is 3.08. The van der Waals surface area contributed by atoms with E-state index in [1.165, 1.54) is 12.1 Å². The van der Waals surface area contributed by atoms with E-state index in [1.807, 2.05) is 41.1 Å². The molecular weight excluding hydrogens is 350 g/mol. The molecule has 1 aromatic heterocycles. The summed E-state index contributed by atoms with van der Waals surface area (Å²) in [6.45, 7) is 0.233. The summed E-state index contributed by atoms with van der Waals surface area (Å²) in [5, 5.41) is 4.56. The fraction of sp³-hybridized carbons (Fsp3) is 0.0588. The highest BCUT2D eigenvalue weighted by atomic mass is 35.5. The summed E-state index contributed by atoms with van der Waals surface area (Å²) in [6, 6.07) is 15.9. The Morgan fingerprint density at radius 3 is 2.43 bits per heavy atom. The molecule has 0 fully saturated rings. The van der Waals surface area contributed by atoms with E-state index < -0.39 is 10.0 Å². The Balaban J connectivity index is 1.82. The van der Waals surface area contributed by atoms with Crippen LogP contribution in [0.3, 0.4) is 0 Å². The fourth-order valence-corrected chi connectivity index (χ4v) is 4.03. The first-order valence-electron chi connectivity index (χ1n) is 6.92. The van der Waals surface area contributed by atoms with Gasteiger partial charge < -0.3 is 0 Å². The van der Waals surface area contributed by atoms with Crippen LogP contribution >= 0.6 is 22.9 Å². The Bertz CT molecular complexity index is 889. The van der Waals surface area contributed by atoms with Crippen LogP contribution < -0.4 is 4.72 Å². The number of benzene rings is 2. The minimum absolute atomic E-state index is 0.204. The quantitative estimate of drug-likeness (QED) is 0.723. The first-order valence-corrected chi connectivity index (χ1v) is 9.72. The maximum atomic E-state index is 12.4. The molecule has 0 bridgehead atoms. The van der Waals surface area contributed by atoms with E-state index >= 15 is 0 Å². The second-order valence-corrected chi connectivity index (χ2v) is 7.93. The molecular formula is C17H14ClNO2S2. The zero-order chi connectivity index (χ0) is 16.3. The summed E-state index contributed by atoms with van der Waals surface area (Å²) in [5.41, 5.74) is 3.06. The molecule has 1 N–H and O–H groups in total. The predicted molar refractivity (Wildman–Crippen MR) is 95.2 cm³/mol. The van der Waals surface area contributed by atoms with E-state index in [1.54, 1.807) is 23.5 Å². The van der Waals surface area contributed by atoms with Crippen LogP contribution in [0, 0.1) is 0 Å². The molecule has 0 aliphatic heterocycles. The van der Waals surface area contributed by atoms with E-state index in [4.69, 9.17) is 11.6 Å². The number of hydrogen-bond acceptors (Lipinski definition) is 3. The van der Waals surface area contributed by atoms with E-state index in [-0.39, 0.29) is 11.4 Å². The fourth-order valence-electron chi connectivity index (χ4n) is 2.24. The average molecular weight is 364 g/mol. The third kappa shape index (κ3) is 3.82. The third-order valence-corrected chi connectivity index (χ3v) is 5.78. The second kappa shape index (κ2) is 6.84. The van der Waals surface area contributed by atoms with Crippen molar-refractivity contribution >= 4 is 33.0 Å². The Kier molecular flexibility index (Phi) is 4.82. The highest BCUT2D eigenvalue weighted by Crippen LogP contribution is 2.26.